The Kier molecular flexibility index (Phi) is 5.22. The third-order valence-corrected chi connectivity index (χ3v) is 6.54. The highest BCUT2D eigenvalue weighted by Crippen LogP contribution is 2.33. The second-order valence-corrected chi connectivity index (χ2v) is 7.74. The zero-order valence-corrected chi connectivity index (χ0v) is 12.7. The quantitative estimate of drug-likeness (QED) is 0.850. The van der Waals surface area contributed by atoms with Crippen LogP contribution in [0.25, 0.3) is 0 Å². The summed E-state index contributed by atoms with van der Waals surface area (Å²) in [7, 11) is 1.25. The molecule has 6 atom stereocenters. The molecule has 1 heterocycles. The van der Waals surface area contributed by atoms with Crippen molar-refractivity contribution in [3.05, 3.63) is 0 Å². The molecule has 4 heteroatoms. The molecule has 2 aliphatic rings. The molecule has 0 amide bonds. The molecule has 1 aliphatic heterocycles. The largest absolute Gasteiger partial charge is 0.377 e. The van der Waals surface area contributed by atoms with Gasteiger partial charge in [-0.3, -0.25) is 4.21 Å². The molecular weight excluding hydrogens is 246 g/mol. The molecule has 18 heavy (non-hydrogen) atoms. The summed E-state index contributed by atoms with van der Waals surface area (Å²) in [5.74, 6) is 2.03. The van der Waals surface area contributed by atoms with Crippen molar-refractivity contribution in [2.75, 3.05) is 19.4 Å². The fourth-order valence-electron chi connectivity index (χ4n) is 3.62. The summed E-state index contributed by atoms with van der Waals surface area (Å²) in [6.45, 7) is 5.42. The average molecular weight is 273 g/mol. The highest BCUT2D eigenvalue weighted by Gasteiger charge is 2.37. The number of rotatable bonds is 4. The summed E-state index contributed by atoms with van der Waals surface area (Å²) in [4.78, 5) is 0. The first kappa shape index (κ1) is 14.5. The van der Waals surface area contributed by atoms with Crippen LogP contribution in [0.1, 0.15) is 39.5 Å². The van der Waals surface area contributed by atoms with Gasteiger partial charge < -0.3 is 10.1 Å². The van der Waals surface area contributed by atoms with Gasteiger partial charge in [-0.25, -0.2) is 0 Å². The topological polar surface area (TPSA) is 38.3 Å². The van der Waals surface area contributed by atoms with E-state index in [1.54, 1.807) is 0 Å². The maximum absolute atomic E-state index is 12.6. The van der Waals surface area contributed by atoms with Crippen molar-refractivity contribution >= 4 is 10.8 Å². The Labute approximate surface area is 114 Å². The van der Waals surface area contributed by atoms with Gasteiger partial charge in [0.1, 0.15) is 0 Å². The third-order valence-electron chi connectivity index (χ3n) is 4.44. The molecule has 1 aliphatic carbocycles. The Hall–Kier alpha value is 0.0700. The Balaban J connectivity index is 1.97. The lowest BCUT2D eigenvalue weighted by molar-refractivity contribution is 0.127. The van der Waals surface area contributed by atoms with Crippen LogP contribution < -0.4 is 5.32 Å². The van der Waals surface area contributed by atoms with E-state index in [9.17, 15) is 4.21 Å². The van der Waals surface area contributed by atoms with E-state index in [0.717, 1.165) is 37.5 Å². The van der Waals surface area contributed by atoms with Crippen molar-refractivity contribution in [3.8, 4) is 0 Å². The molecule has 0 aromatic rings. The first-order chi connectivity index (χ1) is 8.61. The smallest absolute Gasteiger partial charge is 0.0691 e. The van der Waals surface area contributed by atoms with E-state index in [1.165, 1.54) is 6.42 Å². The summed E-state index contributed by atoms with van der Waals surface area (Å²) in [6, 6.07) is 0.408. The van der Waals surface area contributed by atoms with Crippen molar-refractivity contribution in [1.82, 2.24) is 5.32 Å². The predicted molar refractivity (Wildman–Crippen MR) is 76.2 cm³/mol. The highest BCUT2D eigenvalue weighted by molar-refractivity contribution is 7.85. The summed E-state index contributed by atoms with van der Waals surface area (Å²) in [5, 5.41) is 3.69. The lowest BCUT2D eigenvalue weighted by Gasteiger charge is -2.39. The van der Waals surface area contributed by atoms with E-state index >= 15 is 0 Å². The van der Waals surface area contributed by atoms with Crippen molar-refractivity contribution in [1.29, 1.82) is 0 Å². The normalized spacial score (nSPS) is 42.9. The lowest BCUT2D eigenvalue weighted by Crippen LogP contribution is -2.50. The summed E-state index contributed by atoms with van der Waals surface area (Å²) >= 11 is 0. The zero-order chi connectivity index (χ0) is 13.1. The van der Waals surface area contributed by atoms with E-state index < -0.39 is 10.8 Å². The summed E-state index contributed by atoms with van der Waals surface area (Å²) < 4.78 is 18.3. The molecule has 2 fully saturated rings. The second-order valence-electron chi connectivity index (χ2n) is 6.10. The Morgan fingerprint density at radius 2 is 2.11 bits per heavy atom. The minimum atomic E-state index is -0.759. The van der Waals surface area contributed by atoms with Gasteiger partial charge >= 0.3 is 0 Å². The van der Waals surface area contributed by atoms with Crippen LogP contribution in [0.4, 0.5) is 0 Å². The molecule has 1 N–H and O–H groups in total. The molecule has 0 spiro atoms. The van der Waals surface area contributed by atoms with E-state index in [-0.39, 0.29) is 6.10 Å². The molecule has 106 valence electrons. The van der Waals surface area contributed by atoms with Crippen molar-refractivity contribution in [2.24, 2.45) is 11.8 Å². The Morgan fingerprint density at radius 3 is 2.72 bits per heavy atom. The maximum atomic E-state index is 12.6. The van der Waals surface area contributed by atoms with Crippen molar-refractivity contribution < 1.29 is 8.95 Å². The molecule has 0 aromatic carbocycles. The highest BCUT2D eigenvalue weighted by atomic mass is 32.2. The van der Waals surface area contributed by atoms with Crippen LogP contribution in [0.3, 0.4) is 0 Å². The SMILES string of the molecule is CNC1CC(C)CC(C)C1S(=O)CC1CCCO1. The number of hydrogen-bond acceptors (Lipinski definition) is 3. The molecule has 1 saturated heterocycles. The van der Waals surface area contributed by atoms with E-state index in [1.807, 2.05) is 7.05 Å². The van der Waals surface area contributed by atoms with Crippen molar-refractivity contribution in [2.45, 2.75) is 56.9 Å². The summed E-state index contributed by atoms with van der Waals surface area (Å²) in [6.07, 6.45) is 4.83. The fourth-order valence-corrected chi connectivity index (χ4v) is 5.72. The molecule has 2 rings (SSSR count). The fraction of sp³-hybridized carbons (Fsp3) is 1.00. The van der Waals surface area contributed by atoms with Gasteiger partial charge in [-0.05, 0) is 44.6 Å². The standard InChI is InChI=1S/C14H27NO2S/c1-10-7-11(2)14(13(8-10)15-3)18(16)9-12-5-4-6-17-12/h10-15H,4-9H2,1-3H3. The van der Waals surface area contributed by atoms with Gasteiger partial charge in [0, 0.05) is 23.4 Å². The molecule has 0 bridgehead atoms. The average Bonchev–Trinajstić information content (AvgIpc) is 2.80. The lowest BCUT2D eigenvalue weighted by atomic mass is 9.80. The van der Waals surface area contributed by atoms with Crippen LogP contribution in [0, 0.1) is 11.8 Å². The van der Waals surface area contributed by atoms with Gasteiger partial charge in [-0.2, -0.15) is 0 Å². The summed E-state index contributed by atoms with van der Waals surface area (Å²) in [5.41, 5.74) is 0. The predicted octanol–water partition coefficient (Wildman–Crippen LogP) is 1.94. The maximum Gasteiger partial charge on any atom is 0.0691 e. The van der Waals surface area contributed by atoms with Gasteiger partial charge in [0.25, 0.3) is 0 Å². The van der Waals surface area contributed by atoms with E-state index in [2.05, 4.69) is 19.2 Å². The monoisotopic (exact) mass is 273 g/mol. The van der Waals surface area contributed by atoms with Crippen LogP contribution in [-0.4, -0.2) is 41.0 Å². The second kappa shape index (κ2) is 6.49. The van der Waals surface area contributed by atoms with Crippen LogP contribution in [0.15, 0.2) is 0 Å². The van der Waals surface area contributed by atoms with Crippen LogP contribution >= 0.6 is 0 Å². The molecule has 0 radical (unpaired) electrons. The Morgan fingerprint density at radius 1 is 1.33 bits per heavy atom. The minimum absolute atomic E-state index is 0.245. The number of ether oxygens (including phenoxy) is 1. The van der Waals surface area contributed by atoms with Crippen LogP contribution in [0.5, 0.6) is 0 Å². The molecule has 3 nitrogen and oxygen atoms in total. The van der Waals surface area contributed by atoms with Crippen LogP contribution in [0.2, 0.25) is 0 Å². The first-order valence-electron chi connectivity index (χ1n) is 7.27. The van der Waals surface area contributed by atoms with Gasteiger partial charge in [-0.15, -0.1) is 0 Å². The first-order valence-corrected chi connectivity index (χ1v) is 8.66. The van der Waals surface area contributed by atoms with Crippen molar-refractivity contribution in [3.63, 3.8) is 0 Å². The molecule has 1 saturated carbocycles. The van der Waals surface area contributed by atoms with Gasteiger partial charge in [-0.1, -0.05) is 13.8 Å². The number of nitrogens with one attached hydrogen (secondary N) is 1. The molecule has 0 aromatic heterocycles. The molecular formula is C14H27NO2S. The van der Waals surface area contributed by atoms with E-state index in [4.69, 9.17) is 4.74 Å². The van der Waals surface area contributed by atoms with Gasteiger partial charge in [0.15, 0.2) is 0 Å². The zero-order valence-electron chi connectivity index (χ0n) is 11.9. The van der Waals surface area contributed by atoms with Gasteiger partial charge in [0.2, 0.25) is 0 Å². The third kappa shape index (κ3) is 3.34. The minimum Gasteiger partial charge on any atom is -0.377 e. The van der Waals surface area contributed by atoms with Crippen LogP contribution in [-0.2, 0) is 15.5 Å². The molecule has 6 unspecified atom stereocenters. The van der Waals surface area contributed by atoms with Gasteiger partial charge in [0.05, 0.1) is 17.1 Å². The van der Waals surface area contributed by atoms with E-state index in [0.29, 0.717) is 17.2 Å². The Bertz CT molecular complexity index is 292. The number of hydrogen-bond donors (Lipinski definition) is 1.